The van der Waals surface area contributed by atoms with Gasteiger partial charge in [0.1, 0.15) is 11.3 Å². The fraction of sp³-hybridized carbons (Fsp3) is 0.636. The van der Waals surface area contributed by atoms with Crippen LogP contribution in [0.25, 0.3) is 0 Å². The van der Waals surface area contributed by atoms with Crippen molar-refractivity contribution in [1.82, 2.24) is 5.32 Å². The number of esters is 1. The summed E-state index contributed by atoms with van der Waals surface area (Å²) < 4.78 is 31.2. The normalized spacial score (nSPS) is 18.5. The molecule has 0 aromatic heterocycles. The van der Waals surface area contributed by atoms with Gasteiger partial charge in [-0.25, -0.2) is 14.0 Å². The van der Waals surface area contributed by atoms with E-state index in [4.69, 9.17) is 14.2 Å². The van der Waals surface area contributed by atoms with E-state index in [0.717, 1.165) is 12.8 Å². The molecule has 1 amide bonds. The summed E-state index contributed by atoms with van der Waals surface area (Å²) in [5.74, 6) is -0.896. The van der Waals surface area contributed by atoms with Crippen molar-refractivity contribution >= 4 is 23.4 Å². The van der Waals surface area contributed by atoms with Gasteiger partial charge >= 0.3 is 12.1 Å². The Morgan fingerprint density at radius 3 is 2.52 bits per heavy atom. The van der Waals surface area contributed by atoms with Gasteiger partial charge in [-0.15, -0.1) is 0 Å². The van der Waals surface area contributed by atoms with Gasteiger partial charge in [-0.1, -0.05) is 0 Å². The molecule has 1 unspecified atom stereocenters. The average Bonchev–Trinajstić information content (AvgIpc) is 3.37. The molecule has 2 N–H and O–H groups in total. The monoisotopic (exact) mass is 437 g/mol. The van der Waals surface area contributed by atoms with E-state index in [1.165, 1.54) is 13.2 Å². The number of alkyl carbamates (subject to hydrolysis) is 1. The van der Waals surface area contributed by atoms with E-state index in [9.17, 15) is 9.59 Å². The van der Waals surface area contributed by atoms with Crippen molar-refractivity contribution in [2.24, 2.45) is 0 Å². The van der Waals surface area contributed by atoms with Crippen LogP contribution in [0.15, 0.2) is 6.07 Å². The summed E-state index contributed by atoms with van der Waals surface area (Å²) in [6.07, 6.45) is 2.08. The highest BCUT2D eigenvalue weighted by Crippen LogP contribution is 2.44. The van der Waals surface area contributed by atoms with Crippen LogP contribution in [0, 0.1) is 5.82 Å². The molecular weight excluding hydrogens is 405 g/mol. The summed E-state index contributed by atoms with van der Waals surface area (Å²) in [7, 11) is 1.46. The number of nitrogens with zero attached hydrogens (tertiary/aromatic N) is 1. The number of methoxy groups -OCH3 is 1. The van der Waals surface area contributed by atoms with Crippen LogP contribution in [0.4, 0.5) is 20.6 Å². The molecule has 2 fully saturated rings. The fourth-order valence-electron chi connectivity index (χ4n) is 3.61. The van der Waals surface area contributed by atoms with E-state index < -0.39 is 23.5 Å². The van der Waals surface area contributed by atoms with Crippen molar-refractivity contribution in [2.45, 2.75) is 64.6 Å². The van der Waals surface area contributed by atoms with Gasteiger partial charge in [0.25, 0.3) is 0 Å². The molecule has 3 rings (SSSR count). The maximum Gasteiger partial charge on any atom is 0.407 e. The molecule has 1 saturated heterocycles. The van der Waals surface area contributed by atoms with Gasteiger partial charge < -0.3 is 29.7 Å². The maximum atomic E-state index is 15.2. The number of carbonyl (C=O) groups is 2. The molecule has 1 heterocycles. The van der Waals surface area contributed by atoms with Crippen molar-refractivity contribution in [3.8, 4) is 5.75 Å². The summed E-state index contributed by atoms with van der Waals surface area (Å²) in [4.78, 5) is 26.4. The second-order valence-corrected chi connectivity index (χ2v) is 8.88. The largest absolute Gasteiger partial charge is 0.492 e. The van der Waals surface area contributed by atoms with Crippen molar-refractivity contribution in [1.29, 1.82) is 0 Å². The molecule has 2 aliphatic rings. The van der Waals surface area contributed by atoms with Crippen LogP contribution in [-0.4, -0.2) is 56.6 Å². The third-order valence-electron chi connectivity index (χ3n) is 5.06. The van der Waals surface area contributed by atoms with Gasteiger partial charge in [-0.2, -0.15) is 0 Å². The minimum absolute atomic E-state index is 0.120. The predicted octanol–water partition coefficient (Wildman–Crippen LogP) is 3.69. The Morgan fingerprint density at radius 1 is 1.23 bits per heavy atom. The fourth-order valence-corrected chi connectivity index (χ4v) is 3.61. The number of anilines is 2. The lowest BCUT2D eigenvalue weighted by atomic mass is 10.1. The zero-order chi connectivity index (χ0) is 22.8. The topological polar surface area (TPSA) is 89.1 Å². The zero-order valence-corrected chi connectivity index (χ0v) is 18.8. The number of carbonyl (C=O) groups excluding carboxylic acids is 2. The van der Waals surface area contributed by atoms with Crippen LogP contribution < -0.4 is 20.3 Å². The SMILES string of the molecule is CCOC(=O)c1cc(F)c(N2CCC(NC(=O)OC(C)(C)C)C2)c(OC)c1NC1CC1. The van der Waals surface area contributed by atoms with Crippen molar-refractivity contribution in [3.63, 3.8) is 0 Å². The van der Waals surface area contributed by atoms with Crippen LogP contribution in [0.2, 0.25) is 0 Å². The van der Waals surface area contributed by atoms with Gasteiger partial charge in [-0.05, 0) is 53.0 Å². The average molecular weight is 438 g/mol. The van der Waals surface area contributed by atoms with E-state index in [0.29, 0.717) is 25.2 Å². The van der Waals surface area contributed by atoms with Crippen LogP contribution in [0.5, 0.6) is 5.75 Å². The molecule has 31 heavy (non-hydrogen) atoms. The Bertz CT molecular complexity index is 835. The number of hydrogen-bond donors (Lipinski definition) is 2. The first-order chi connectivity index (χ1) is 14.6. The third kappa shape index (κ3) is 5.71. The van der Waals surface area contributed by atoms with Crippen molar-refractivity contribution in [3.05, 3.63) is 17.4 Å². The summed E-state index contributed by atoms with van der Waals surface area (Å²) in [5, 5.41) is 6.13. The highest BCUT2D eigenvalue weighted by molar-refractivity contribution is 5.99. The van der Waals surface area contributed by atoms with Gasteiger partial charge in [0, 0.05) is 19.1 Å². The van der Waals surface area contributed by atoms with E-state index in [1.54, 1.807) is 27.7 Å². The van der Waals surface area contributed by atoms with E-state index in [2.05, 4.69) is 10.6 Å². The molecule has 1 saturated carbocycles. The van der Waals surface area contributed by atoms with E-state index in [-0.39, 0.29) is 35.7 Å². The molecule has 9 heteroatoms. The van der Waals surface area contributed by atoms with Crippen molar-refractivity contribution < 1.29 is 28.2 Å². The number of nitrogens with one attached hydrogen (secondary N) is 2. The Morgan fingerprint density at radius 2 is 1.94 bits per heavy atom. The molecule has 0 spiro atoms. The lowest BCUT2D eigenvalue weighted by Crippen LogP contribution is -2.40. The quantitative estimate of drug-likeness (QED) is 0.629. The number of halogens is 1. The predicted molar refractivity (Wildman–Crippen MR) is 116 cm³/mol. The molecule has 1 aromatic carbocycles. The van der Waals surface area contributed by atoms with E-state index in [1.807, 2.05) is 4.90 Å². The first kappa shape index (κ1) is 23.0. The number of rotatable bonds is 7. The number of amides is 1. The maximum absolute atomic E-state index is 15.2. The molecular formula is C22H32FN3O5. The van der Waals surface area contributed by atoms with Gasteiger partial charge in [0.2, 0.25) is 0 Å². The highest BCUT2D eigenvalue weighted by Gasteiger charge is 2.34. The molecule has 1 aliphatic carbocycles. The van der Waals surface area contributed by atoms with Crippen molar-refractivity contribution in [2.75, 3.05) is 37.0 Å². The van der Waals surface area contributed by atoms with E-state index >= 15 is 4.39 Å². The number of benzene rings is 1. The molecule has 0 radical (unpaired) electrons. The second kappa shape index (κ2) is 9.20. The number of ether oxygens (including phenoxy) is 3. The molecule has 1 aromatic rings. The highest BCUT2D eigenvalue weighted by atomic mass is 19.1. The van der Waals surface area contributed by atoms with Crippen LogP contribution in [0.3, 0.4) is 0 Å². The first-order valence-electron chi connectivity index (χ1n) is 10.7. The zero-order valence-electron chi connectivity index (χ0n) is 18.8. The molecule has 0 bridgehead atoms. The molecule has 172 valence electrons. The Labute approximate surface area is 182 Å². The van der Waals surface area contributed by atoms with Crippen LogP contribution in [-0.2, 0) is 9.47 Å². The van der Waals surface area contributed by atoms with Crippen LogP contribution in [0.1, 0.15) is 57.3 Å². The smallest absolute Gasteiger partial charge is 0.407 e. The second-order valence-electron chi connectivity index (χ2n) is 8.88. The lowest BCUT2D eigenvalue weighted by molar-refractivity contribution is 0.0503. The Balaban J connectivity index is 1.85. The summed E-state index contributed by atoms with van der Waals surface area (Å²) in [5.41, 5.74) is 0.245. The Hall–Kier alpha value is -2.71. The van der Waals surface area contributed by atoms with Gasteiger partial charge in [-0.3, -0.25) is 0 Å². The minimum atomic E-state index is -0.597. The first-order valence-corrected chi connectivity index (χ1v) is 10.7. The van der Waals surface area contributed by atoms with Gasteiger partial charge in [0.05, 0.1) is 31.0 Å². The lowest BCUT2D eigenvalue weighted by Gasteiger charge is -2.26. The Kier molecular flexibility index (Phi) is 6.81. The molecule has 1 atom stereocenters. The summed E-state index contributed by atoms with van der Waals surface area (Å²) >= 11 is 0. The standard InChI is InChI=1S/C22H32FN3O5/c1-6-30-20(27)15-11-16(23)18(19(29-5)17(15)24-13-7-8-13)26-10-9-14(12-26)25-21(28)31-22(2,3)4/h11,13-14,24H,6-10,12H2,1-5H3,(H,25,28). The summed E-state index contributed by atoms with van der Waals surface area (Å²) in [6.45, 7) is 8.21. The van der Waals surface area contributed by atoms with Gasteiger partial charge in [0.15, 0.2) is 11.6 Å². The summed E-state index contributed by atoms with van der Waals surface area (Å²) in [6, 6.07) is 1.24. The minimum Gasteiger partial charge on any atom is -0.492 e. The van der Waals surface area contributed by atoms with Crippen LogP contribution >= 0.6 is 0 Å². The molecule has 1 aliphatic heterocycles. The third-order valence-corrected chi connectivity index (χ3v) is 5.06. The number of hydrogen-bond acceptors (Lipinski definition) is 7. The molecule has 8 nitrogen and oxygen atoms in total.